The molecule has 1 aromatic rings. The molecule has 0 spiro atoms. The van der Waals surface area contributed by atoms with Gasteiger partial charge in [0.05, 0.1) is 12.1 Å². The first kappa shape index (κ1) is 12.6. The Morgan fingerprint density at radius 1 is 1.14 bits per heavy atom. The third-order valence-corrected chi connectivity index (χ3v) is 3.89. The molecule has 2 bridgehead atoms. The molecule has 0 unspecified atom stereocenters. The molecule has 5 nitrogen and oxygen atoms in total. The van der Waals surface area contributed by atoms with Gasteiger partial charge in [-0.05, 0) is 44.0 Å². The second kappa shape index (κ2) is 3.93. The van der Waals surface area contributed by atoms with Crippen LogP contribution in [0.25, 0.3) is 0 Å². The minimum Gasteiger partial charge on any atom is -0.454 e. The molecule has 3 aliphatic heterocycles. The molecule has 4 rings (SSSR count). The predicted octanol–water partition coefficient (Wildman–Crippen LogP) is 3.32. The highest BCUT2D eigenvalue weighted by molar-refractivity contribution is 5.74. The summed E-state index contributed by atoms with van der Waals surface area (Å²) in [5.74, 6) is 1.50. The van der Waals surface area contributed by atoms with Crippen LogP contribution in [0.2, 0.25) is 0 Å². The van der Waals surface area contributed by atoms with Gasteiger partial charge in [-0.15, -0.1) is 0 Å². The smallest absolute Gasteiger partial charge is 0.411 e. The number of carbonyl (C=O) groups is 1. The molecule has 0 aromatic heterocycles. The van der Waals surface area contributed by atoms with Crippen molar-refractivity contribution in [2.45, 2.75) is 38.5 Å². The van der Waals surface area contributed by atoms with Gasteiger partial charge in [-0.2, -0.15) is 0 Å². The average Bonchev–Trinajstić information content (AvgIpc) is 3.07. The molecule has 0 aliphatic carbocycles. The quantitative estimate of drug-likeness (QED) is 0.687. The Bertz CT molecular complexity index is 618. The molecular weight excluding hydrogens is 270 g/mol. The molecule has 1 amide bonds. The highest BCUT2D eigenvalue weighted by atomic mass is 16.7. The average molecular weight is 287 g/mol. The molecule has 3 aliphatic rings. The molecular formula is C16H17NO4. The third-order valence-electron chi connectivity index (χ3n) is 3.89. The number of rotatable bonds is 0. The largest absolute Gasteiger partial charge is 0.454 e. The standard InChI is InChI=1S/C16H17NO4/c1-16(2,3)21-15(18)17-11-4-5-12(17)10-7-14-13(6-9(10)11)19-8-20-14/h4-7,11-12H,8H2,1-3H3/t11-,12+. The summed E-state index contributed by atoms with van der Waals surface area (Å²) in [5, 5.41) is 0. The first-order valence-electron chi connectivity index (χ1n) is 7.07. The summed E-state index contributed by atoms with van der Waals surface area (Å²) in [7, 11) is 0. The molecule has 3 heterocycles. The molecule has 0 N–H and O–H groups in total. The summed E-state index contributed by atoms with van der Waals surface area (Å²) in [6.45, 7) is 5.88. The monoisotopic (exact) mass is 287 g/mol. The van der Waals surface area contributed by atoms with Crippen LogP contribution in [0.3, 0.4) is 0 Å². The summed E-state index contributed by atoms with van der Waals surface area (Å²) in [6, 6.07) is 3.80. The van der Waals surface area contributed by atoms with Crippen molar-refractivity contribution in [1.82, 2.24) is 4.90 Å². The van der Waals surface area contributed by atoms with Crippen LogP contribution < -0.4 is 9.47 Å². The van der Waals surface area contributed by atoms with Crippen LogP contribution in [-0.4, -0.2) is 23.4 Å². The van der Waals surface area contributed by atoms with E-state index in [0.29, 0.717) is 0 Å². The zero-order valence-corrected chi connectivity index (χ0v) is 12.3. The van der Waals surface area contributed by atoms with Gasteiger partial charge in [0, 0.05) is 0 Å². The highest BCUT2D eigenvalue weighted by Crippen LogP contribution is 2.52. The topological polar surface area (TPSA) is 48.0 Å². The number of nitrogens with zero attached hydrogens (tertiary/aromatic N) is 1. The lowest BCUT2D eigenvalue weighted by Crippen LogP contribution is -2.35. The zero-order chi connectivity index (χ0) is 14.8. The van der Waals surface area contributed by atoms with E-state index >= 15 is 0 Å². The Morgan fingerprint density at radius 2 is 1.67 bits per heavy atom. The Hall–Kier alpha value is -2.17. The number of fused-ring (bicyclic) bond motifs is 6. The van der Waals surface area contributed by atoms with E-state index in [1.165, 1.54) is 0 Å². The molecule has 1 aromatic carbocycles. The Balaban J connectivity index is 1.68. The molecule has 110 valence electrons. The number of carbonyl (C=O) groups excluding carboxylic acids is 1. The zero-order valence-electron chi connectivity index (χ0n) is 12.3. The van der Waals surface area contributed by atoms with Crippen molar-refractivity contribution in [3.05, 3.63) is 35.4 Å². The van der Waals surface area contributed by atoms with Crippen molar-refractivity contribution in [2.24, 2.45) is 0 Å². The number of benzene rings is 1. The lowest BCUT2D eigenvalue weighted by molar-refractivity contribution is 0.0196. The number of hydrogen-bond acceptors (Lipinski definition) is 4. The van der Waals surface area contributed by atoms with Crippen LogP contribution in [0.4, 0.5) is 4.79 Å². The fourth-order valence-corrected chi connectivity index (χ4v) is 3.10. The van der Waals surface area contributed by atoms with Crippen molar-refractivity contribution in [3.8, 4) is 11.5 Å². The molecule has 5 heteroatoms. The maximum Gasteiger partial charge on any atom is 0.411 e. The van der Waals surface area contributed by atoms with Crippen molar-refractivity contribution in [2.75, 3.05) is 6.79 Å². The van der Waals surface area contributed by atoms with Gasteiger partial charge in [0.25, 0.3) is 0 Å². The van der Waals surface area contributed by atoms with E-state index in [2.05, 4.69) is 0 Å². The summed E-state index contributed by atoms with van der Waals surface area (Å²) in [4.78, 5) is 14.2. The Morgan fingerprint density at radius 3 is 2.14 bits per heavy atom. The normalized spacial score (nSPS) is 24.4. The fraction of sp³-hybridized carbons (Fsp3) is 0.438. The van der Waals surface area contributed by atoms with Crippen LogP contribution in [-0.2, 0) is 4.74 Å². The summed E-state index contributed by atoms with van der Waals surface area (Å²) < 4.78 is 16.4. The van der Waals surface area contributed by atoms with Crippen LogP contribution in [0.5, 0.6) is 11.5 Å². The highest BCUT2D eigenvalue weighted by Gasteiger charge is 2.45. The van der Waals surface area contributed by atoms with E-state index in [0.717, 1.165) is 22.6 Å². The SMILES string of the molecule is CC(C)(C)OC(=O)N1[C@@H]2C=C[C@H]1c1cc3c(cc12)OCO3. The minimum absolute atomic E-state index is 0.0747. The maximum absolute atomic E-state index is 12.4. The maximum atomic E-state index is 12.4. The lowest BCUT2D eigenvalue weighted by Gasteiger charge is -2.27. The first-order chi connectivity index (χ1) is 9.94. The molecule has 0 saturated carbocycles. The summed E-state index contributed by atoms with van der Waals surface area (Å²) >= 11 is 0. The molecule has 0 radical (unpaired) electrons. The lowest BCUT2D eigenvalue weighted by atomic mass is 9.96. The fourth-order valence-electron chi connectivity index (χ4n) is 3.10. The van der Waals surface area contributed by atoms with Gasteiger partial charge in [-0.1, -0.05) is 12.2 Å². The molecule has 21 heavy (non-hydrogen) atoms. The van der Waals surface area contributed by atoms with Gasteiger partial charge in [0.15, 0.2) is 11.5 Å². The molecule has 2 atom stereocenters. The second-order valence-electron chi connectivity index (χ2n) is 6.50. The van der Waals surface area contributed by atoms with E-state index < -0.39 is 5.60 Å². The van der Waals surface area contributed by atoms with Crippen LogP contribution in [0.1, 0.15) is 44.0 Å². The summed E-state index contributed by atoms with van der Waals surface area (Å²) in [6.07, 6.45) is 3.79. The number of ether oxygens (including phenoxy) is 3. The van der Waals surface area contributed by atoms with Crippen LogP contribution in [0, 0.1) is 0 Å². The van der Waals surface area contributed by atoms with E-state index in [9.17, 15) is 4.79 Å². The van der Waals surface area contributed by atoms with Gasteiger partial charge in [-0.25, -0.2) is 4.79 Å². The summed E-state index contributed by atoms with van der Waals surface area (Å²) in [5.41, 5.74) is 1.69. The predicted molar refractivity (Wildman–Crippen MR) is 75.3 cm³/mol. The third kappa shape index (κ3) is 1.80. The Kier molecular flexibility index (Phi) is 2.35. The minimum atomic E-state index is -0.501. The van der Waals surface area contributed by atoms with Gasteiger partial charge in [0.1, 0.15) is 5.60 Å². The van der Waals surface area contributed by atoms with Crippen molar-refractivity contribution in [1.29, 1.82) is 0 Å². The van der Waals surface area contributed by atoms with Gasteiger partial charge in [-0.3, -0.25) is 4.90 Å². The molecule has 0 saturated heterocycles. The number of hydrogen-bond donors (Lipinski definition) is 0. The van der Waals surface area contributed by atoms with Crippen molar-refractivity contribution >= 4 is 6.09 Å². The van der Waals surface area contributed by atoms with E-state index in [1.807, 2.05) is 45.1 Å². The van der Waals surface area contributed by atoms with Crippen LogP contribution >= 0.6 is 0 Å². The van der Waals surface area contributed by atoms with Crippen molar-refractivity contribution in [3.63, 3.8) is 0 Å². The van der Waals surface area contributed by atoms with Crippen molar-refractivity contribution < 1.29 is 19.0 Å². The number of amides is 1. The van der Waals surface area contributed by atoms with Gasteiger partial charge < -0.3 is 14.2 Å². The van der Waals surface area contributed by atoms with E-state index in [4.69, 9.17) is 14.2 Å². The van der Waals surface area contributed by atoms with Crippen LogP contribution in [0.15, 0.2) is 24.3 Å². The van der Waals surface area contributed by atoms with E-state index in [-0.39, 0.29) is 25.0 Å². The van der Waals surface area contributed by atoms with Gasteiger partial charge in [0.2, 0.25) is 6.79 Å². The Labute approximate surface area is 123 Å². The van der Waals surface area contributed by atoms with E-state index in [1.54, 1.807) is 4.90 Å². The molecule has 0 fully saturated rings. The second-order valence-corrected chi connectivity index (χ2v) is 6.50. The van der Waals surface area contributed by atoms with Gasteiger partial charge >= 0.3 is 6.09 Å². The first-order valence-corrected chi connectivity index (χ1v) is 7.07.